The van der Waals surface area contributed by atoms with Crippen LogP contribution in [0, 0.1) is 5.92 Å². The molecule has 3 amide bonds. The summed E-state index contributed by atoms with van der Waals surface area (Å²) < 4.78 is 0. The number of amides is 3. The number of hydrogen-bond acceptors (Lipinski definition) is 4. The molecule has 2 aliphatic rings. The minimum absolute atomic E-state index is 0.00281. The highest BCUT2D eigenvalue weighted by molar-refractivity contribution is 7.15. The third-order valence-electron chi connectivity index (χ3n) is 4.66. The average Bonchev–Trinajstić information content (AvgIpc) is 3.20. The molecule has 126 valence electrons. The average molecular weight is 336 g/mol. The fourth-order valence-electron chi connectivity index (χ4n) is 3.20. The third-order valence-corrected chi connectivity index (χ3v) is 5.69. The number of rotatable bonds is 4. The highest BCUT2D eigenvalue weighted by atomic mass is 32.1. The number of carbonyl (C=O) groups is 2. The zero-order valence-electron chi connectivity index (χ0n) is 13.6. The molecule has 1 saturated heterocycles. The Kier molecular flexibility index (Phi) is 5.15. The predicted octanol–water partition coefficient (Wildman–Crippen LogP) is 2.40. The summed E-state index contributed by atoms with van der Waals surface area (Å²) in [6.07, 6.45) is 6.55. The summed E-state index contributed by atoms with van der Waals surface area (Å²) in [5.74, 6) is 0.530. The predicted molar refractivity (Wildman–Crippen MR) is 90.8 cm³/mol. The van der Waals surface area contributed by atoms with Gasteiger partial charge in [-0.25, -0.2) is 9.78 Å². The second kappa shape index (κ2) is 7.29. The Morgan fingerprint density at radius 1 is 1.35 bits per heavy atom. The van der Waals surface area contributed by atoms with E-state index in [1.54, 1.807) is 16.2 Å². The molecule has 1 aromatic rings. The molecule has 1 aliphatic heterocycles. The van der Waals surface area contributed by atoms with Crippen molar-refractivity contribution in [1.82, 2.24) is 15.2 Å². The number of urea groups is 1. The summed E-state index contributed by atoms with van der Waals surface area (Å²) >= 11 is 1.58. The van der Waals surface area contributed by atoms with Crippen LogP contribution in [-0.2, 0) is 17.6 Å². The third kappa shape index (κ3) is 4.02. The SMILES string of the molecule is CCC1CCc2nc(NC(=O)CNC(=O)N3CCCC3)sc2C1. The molecule has 1 aromatic heterocycles. The van der Waals surface area contributed by atoms with Crippen molar-refractivity contribution in [2.45, 2.75) is 45.4 Å². The number of nitrogens with one attached hydrogen (secondary N) is 2. The number of nitrogens with zero attached hydrogens (tertiary/aromatic N) is 2. The number of fused-ring (bicyclic) bond motifs is 1. The first-order chi connectivity index (χ1) is 11.2. The zero-order chi connectivity index (χ0) is 16.2. The minimum Gasteiger partial charge on any atom is -0.329 e. The largest absolute Gasteiger partial charge is 0.329 e. The van der Waals surface area contributed by atoms with Crippen LogP contribution in [0.2, 0.25) is 0 Å². The van der Waals surface area contributed by atoms with Crippen molar-refractivity contribution < 1.29 is 9.59 Å². The van der Waals surface area contributed by atoms with Crippen molar-refractivity contribution in [2.75, 3.05) is 25.0 Å². The lowest BCUT2D eigenvalue weighted by molar-refractivity contribution is -0.115. The van der Waals surface area contributed by atoms with Crippen molar-refractivity contribution >= 4 is 28.4 Å². The van der Waals surface area contributed by atoms with E-state index in [9.17, 15) is 9.59 Å². The van der Waals surface area contributed by atoms with Gasteiger partial charge in [0.05, 0.1) is 12.2 Å². The Bertz CT molecular complexity index is 581. The summed E-state index contributed by atoms with van der Waals surface area (Å²) in [6.45, 7) is 3.79. The monoisotopic (exact) mass is 336 g/mol. The maximum atomic E-state index is 12.0. The summed E-state index contributed by atoms with van der Waals surface area (Å²) in [5.41, 5.74) is 1.14. The lowest BCUT2D eigenvalue weighted by atomic mass is 9.89. The number of likely N-dealkylation sites (tertiary alicyclic amines) is 1. The number of carbonyl (C=O) groups excluding carboxylic acids is 2. The van der Waals surface area contributed by atoms with Gasteiger partial charge in [-0.15, -0.1) is 11.3 Å². The van der Waals surface area contributed by atoms with Gasteiger partial charge in [-0.1, -0.05) is 13.3 Å². The van der Waals surface area contributed by atoms with Gasteiger partial charge in [-0.3, -0.25) is 4.79 Å². The van der Waals surface area contributed by atoms with Gasteiger partial charge >= 0.3 is 6.03 Å². The molecule has 0 saturated carbocycles. The topological polar surface area (TPSA) is 74.3 Å². The Morgan fingerprint density at radius 2 is 2.13 bits per heavy atom. The summed E-state index contributed by atoms with van der Waals surface area (Å²) in [6, 6.07) is -0.151. The van der Waals surface area contributed by atoms with Crippen LogP contribution in [-0.4, -0.2) is 41.5 Å². The molecule has 3 rings (SSSR count). The maximum absolute atomic E-state index is 12.0. The second-order valence-electron chi connectivity index (χ2n) is 6.31. The summed E-state index contributed by atoms with van der Waals surface area (Å²) in [4.78, 5) is 31.4. The molecule has 1 fully saturated rings. The fourth-order valence-corrected chi connectivity index (χ4v) is 4.34. The van der Waals surface area contributed by atoms with E-state index in [4.69, 9.17) is 0 Å². The van der Waals surface area contributed by atoms with E-state index < -0.39 is 0 Å². The van der Waals surface area contributed by atoms with Gasteiger partial charge in [-0.2, -0.15) is 0 Å². The van der Waals surface area contributed by atoms with Gasteiger partial charge in [0.1, 0.15) is 0 Å². The van der Waals surface area contributed by atoms with Gasteiger partial charge in [0.25, 0.3) is 0 Å². The molecule has 0 radical (unpaired) electrons. The normalized spacial score (nSPS) is 20.2. The van der Waals surface area contributed by atoms with Crippen LogP contribution in [0.5, 0.6) is 0 Å². The standard InChI is InChI=1S/C16H24N4O2S/c1-2-11-5-6-12-13(9-11)23-15(18-12)19-14(21)10-17-16(22)20-7-3-4-8-20/h11H,2-10H2,1H3,(H,17,22)(H,18,19,21). The molecule has 6 nitrogen and oxygen atoms in total. The van der Waals surface area contributed by atoms with Crippen molar-refractivity contribution in [3.8, 4) is 0 Å². The van der Waals surface area contributed by atoms with Gasteiger partial charge < -0.3 is 15.5 Å². The van der Waals surface area contributed by atoms with E-state index >= 15 is 0 Å². The van der Waals surface area contributed by atoms with Crippen LogP contribution in [0.15, 0.2) is 0 Å². The molecule has 1 atom stereocenters. The smallest absolute Gasteiger partial charge is 0.317 e. The van der Waals surface area contributed by atoms with Gasteiger partial charge in [0.15, 0.2) is 5.13 Å². The van der Waals surface area contributed by atoms with Crippen LogP contribution < -0.4 is 10.6 Å². The van der Waals surface area contributed by atoms with E-state index in [1.165, 1.54) is 17.7 Å². The maximum Gasteiger partial charge on any atom is 0.317 e. The van der Waals surface area contributed by atoms with Crippen LogP contribution in [0.1, 0.15) is 43.2 Å². The van der Waals surface area contributed by atoms with Gasteiger partial charge in [-0.05, 0) is 38.0 Å². The van der Waals surface area contributed by atoms with E-state index in [1.807, 2.05) is 0 Å². The first-order valence-corrected chi connectivity index (χ1v) is 9.28. The highest BCUT2D eigenvalue weighted by Gasteiger charge is 2.22. The molecule has 2 N–H and O–H groups in total. The molecule has 0 spiro atoms. The van der Waals surface area contributed by atoms with E-state index in [0.717, 1.165) is 50.4 Å². The molecule has 1 unspecified atom stereocenters. The van der Waals surface area contributed by atoms with Crippen LogP contribution in [0.4, 0.5) is 9.93 Å². The Labute approximate surface area is 140 Å². The Hall–Kier alpha value is -1.63. The number of hydrogen-bond donors (Lipinski definition) is 2. The number of aryl methyl sites for hydroxylation is 1. The molecule has 1 aliphatic carbocycles. The number of anilines is 1. The van der Waals surface area contributed by atoms with Gasteiger partial charge in [0, 0.05) is 18.0 Å². The van der Waals surface area contributed by atoms with Crippen molar-refractivity contribution in [1.29, 1.82) is 0 Å². The first kappa shape index (κ1) is 16.2. The molecular formula is C16H24N4O2S. The van der Waals surface area contributed by atoms with Crippen LogP contribution >= 0.6 is 11.3 Å². The summed E-state index contributed by atoms with van der Waals surface area (Å²) in [5, 5.41) is 6.15. The lowest BCUT2D eigenvalue weighted by Gasteiger charge is -2.18. The number of thiazole rings is 1. The second-order valence-corrected chi connectivity index (χ2v) is 7.39. The first-order valence-electron chi connectivity index (χ1n) is 8.47. The Balaban J connectivity index is 1.48. The molecule has 0 bridgehead atoms. The minimum atomic E-state index is -0.212. The van der Waals surface area contributed by atoms with Crippen LogP contribution in [0.3, 0.4) is 0 Å². The number of aromatic nitrogens is 1. The summed E-state index contributed by atoms with van der Waals surface area (Å²) in [7, 11) is 0. The highest BCUT2D eigenvalue weighted by Crippen LogP contribution is 2.33. The molecule has 0 aromatic carbocycles. The molecule has 23 heavy (non-hydrogen) atoms. The molecular weight excluding hydrogens is 312 g/mol. The molecule has 7 heteroatoms. The Morgan fingerprint density at radius 3 is 2.87 bits per heavy atom. The quantitative estimate of drug-likeness (QED) is 0.886. The van der Waals surface area contributed by atoms with E-state index in [0.29, 0.717) is 5.13 Å². The lowest BCUT2D eigenvalue weighted by Crippen LogP contribution is -2.41. The van der Waals surface area contributed by atoms with Crippen molar-refractivity contribution in [2.24, 2.45) is 5.92 Å². The van der Waals surface area contributed by atoms with Crippen LogP contribution in [0.25, 0.3) is 0 Å². The fraction of sp³-hybridized carbons (Fsp3) is 0.688. The van der Waals surface area contributed by atoms with Crippen molar-refractivity contribution in [3.05, 3.63) is 10.6 Å². The van der Waals surface area contributed by atoms with Gasteiger partial charge in [0.2, 0.25) is 5.91 Å². The zero-order valence-corrected chi connectivity index (χ0v) is 14.4. The van der Waals surface area contributed by atoms with E-state index in [2.05, 4.69) is 22.5 Å². The van der Waals surface area contributed by atoms with E-state index in [-0.39, 0.29) is 18.5 Å². The molecule has 2 heterocycles. The van der Waals surface area contributed by atoms with Crippen molar-refractivity contribution in [3.63, 3.8) is 0 Å².